The molecule has 0 fully saturated rings. The van der Waals surface area contributed by atoms with Crippen molar-refractivity contribution in [2.45, 2.75) is 58.5 Å². The summed E-state index contributed by atoms with van der Waals surface area (Å²) < 4.78 is 32.2. The van der Waals surface area contributed by atoms with Gasteiger partial charge in [0.2, 0.25) is 21.8 Å². The molecule has 0 aliphatic carbocycles. The van der Waals surface area contributed by atoms with Crippen LogP contribution in [0.25, 0.3) is 0 Å². The number of ether oxygens (including phenoxy) is 1. The first-order valence-electron chi connectivity index (χ1n) is 14.5. The van der Waals surface area contributed by atoms with E-state index in [0.717, 1.165) is 30.2 Å². The van der Waals surface area contributed by atoms with Gasteiger partial charge < -0.3 is 15.0 Å². The molecular formula is C33H42ClN3O5S. The number of anilines is 1. The molecule has 0 heterocycles. The number of nitrogens with one attached hydrogen (secondary N) is 1. The van der Waals surface area contributed by atoms with Gasteiger partial charge in [0, 0.05) is 37.5 Å². The minimum absolute atomic E-state index is 0.0448. The van der Waals surface area contributed by atoms with E-state index in [0.29, 0.717) is 35.0 Å². The van der Waals surface area contributed by atoms with Gasteiger partial charge in [-0.2, -0.15) is 0 Å². The number of amides is 2. The molecule has 0 aliphatic rings. The Bertz CT molecular complexity index is 1470. The molecule has 232 valence electrons. The Hall–Kier alpha value is -3.56. The van der Waals surface area contributed by atoms with Gasteiger partial charge in [0.15, 0.2) is 0 Å². The zero-order valence-corrected chi connectivity index (χ0v) is 27.0. The van der Waals surface area contributed by atoms with Crippen LogP contribution in [0.15, 0.2) is 72.8 Å². The molecule has 10 heteroatoms. The van der Waals surface area contributed by atoms with Gasteiger partial charge in [-0.05, 0) is 60.7 Å². The molecule has 0 saturated heterocycles. The lowest BCUT2D eigenvalue weighted by molar-refractivity contribution is -0.141. The molecule has 1 N–H and O–H groups in total. The molecule has 0 bridgehead atoms. The van der Waals surface area contributed by atoms with Gasteiger partial charge in [0.05, 0.1) is 19.1 Å². The number of carbonyl (C=O) groups excluding carboxylic acids is 2. The van der Waals surface area contributed by atoms with E-state index in [4.69, 9.17) is 16.3 Å². The predicted octanol–water partition coefficient (Wildman–Crippen LogP) is 5.76. The third kappa shape index (κ3) is 10.0. The summed E-state index contributed by atoms with van der Waals surface area (Å²) in [6, 6.07) is 21.4. The van der Waals surface area contributed by atoms with Gasteiger partial charge in [0.1, 0.15) is 11.8 Å². The minimum Gasteiger partial charge on any atom is -0.497 e. The Labute approximate surface area is 261 Å². The molecule has 43 heavy (non-hydrogen) atoms. The molecule has 0 spiro atoms. The standard InChI is InChI=1S/C33H42ClN3O5S/c1-5-6-20-35-33(39)31(23-26-13-8-7-9-14-26)36(24-27-15-10-16-28(22-27)42-3)32(38)19-12-21-37(43(4,40)41)30-18-11-17-29(34)25(30)2/h7-11,13-18,22,31H,5-6,12,19-21,23-24H2,1-4H3,(H,35,39)/t31-/m1/s1. The summed E-state index contributed by atoms with van der Waals surface area (Å²) in [6.45, 7) is 4.62. The Kier molecular flexibility index (Phi) is 12.9. The first-order valence-corrected chi connectivity index (χ1v) is 16.7. The largest absolute Gasteiger partial charge is 0.497 e. The molecule has 8 nitrogen and oxygen atoms in total. The molecule has 1 atom stereocenters. The van der Waals surface area contributed by atoms with Gasteiger partial charge in [-0.15, -0.1) is 0 Å². The van der Waals surface area contributed by atoms with Crippen molar-refractivity contribution in [3.63, 3.8) is 0 Å². The lowest BCUT2D eigenvalue weighted by Crippen LogP contribution is -2.50. The van der Waals surface area contributed by atoms with Gasteiger partial charge in [0.25, 0.3) is 0 Å². The SMILES string of the molecule is CCCCNC(=O)[C@@H](Cc1ccccc1)N(Cc1cccc(OC)c1)C(=O)CCCN(c1cccc(Cl)c1C)S(C)(=O)=O. The average Bonchev–Trinajstić information content (AvgIpc) is 2.98. The van der Waals surface area contributed by atoms with Crippen LogP contribution in [0.5, 0.6) is 5.75 Å². The Morgan fingerprint density at radius 2 is 1.67 bits per heavy atom. The van der Waals surface area contributed by atoms with Crippen LogP contribution in [0, 0.1) is 6.92 Å². The number of hydrogen-bond donors (Lipinski definition) is 1. The van der Waals surface area contributed by atoms with Crippen LogP contribution in [0.2, 0.25) is 5.02 Å². The topological polar surface area (TPSA) is 96.0 Å². The minimum atomic E-state index is -3.64. The number of unbranched alkanes of at least 4 members (excludes halogenated alkanes) is 1. The van der Waals surface area contributed by atoms with Gasteiger partial charge in [-0.25, -0.2) is 8.42 Å². The molecule has 0 unspecified atom stereocenters. The van der Waals surface area contributed by atoms with E-state index in [-0.39, 0.29) is 37.7 Å². The highest BCUT2D eigenvalue weighted by molar-refractivity contribution is 7.92. The van der Waals surface area contributed by atoms with E-state index < -0.39 is 16.1 Å². The highest BCUT2D eigenvalue weighted by Crippen LogP contribution is 2.29. The summed E-state index contributed by atoms with van der Waals surface area (Å²) in [5.74, 6) is 0.184. The highest BCUT2D eigenvalue weighted by Gasteiger charge is 2.30. The van der Waals surface area contributed by atoms with Crippen LogP contribution < -0.4 is 14.4 Å². The molecule has 0 saturated carbocycles. The maximum atomic E-state index is 14.0. The van der Waals surface area contributed by atoms with Crippen molar-refractivity contribution in [2.24, 2.45) is 0 Å². The van der Waals surface area contributed by atoms with Gasteiger partial charge >= 0.3 is 0 Å². The lowest BCUT2D eigenvalue weighted by atomic mass is 10.0. The number of benzene rings is 3. The van der Waals surface area contributed by atoms with Gasteiger partial charge in [-0.1, -0.05) is 73.5 Å². The lowest BCUT2D eigenvalue weighted by Gasteiger charge is -2.32. The first-order chi connectivity index (χ1) is 20.5. The van der Waals surface area contributed by atoms with Crippen molar-refractivity contribution >= 4 is 39.1 Å². The smallest absolute Gasteiger partial charge is 0.243 e. The second-order valence-electron chi connectivity index (χ2n) is 10.5. The van der Waals surface area contributed by atoms with E-state index in [1.54, 1.807) is 37.1 Å². The summed E-state index contributed by atoms with van der Waals surface area (Å²) in [7, 11) is -2.06. The van der Waals surface area contributed by atoms with Crippen molar-refractivity contribution in [3.8, 4) is 5.75 Å². The van der Waals surface area contributed by atoms with E-state index >= 15 is 0 Å². The summed E-state index contributed by atoms with van der Waals surface area (Å²) in [5, 5.41) is 3.48. The number of hydrogen-bond acceptors (Lipinski definition) is 5. The maximum absolute atomic E-state index is 14.0. The van der Waals surface area contributed by atoms with Crippen LogP contribution in [0.3, 0.4) is 0 Å². The number of nitrogens with zero attached hydrogens (tertiary/aromatic N) is 2. The average molecular weight is 628 g/mol. The number of halogens is 1. The zero-order valence-electron chi connectivity index (χ0n) is 25.4. The van der Waals surface area contributed by atoms with Crippen LogP contribution >= 0.6 is 11.6 Å². The number of sulfonamides is 1. The zero-order chi connectivity index (χ0) is 31.4. The summed E-state index contributed by atoms with van der Waals surface area (Å²) in [6.07, 6.45) is 3.54. The molecular weight excluding hydrogens is 586 g/mol. The summed E-state index contributed by atoms with van der Waals surface area (Å²) in [5.41, 5.74) is 2.88. The molecule has 3 aromatic rings. The second-order valence-corrected chi connectivity index (χ2v) is 12.9. The third-order valence-electron chi connectivity index (χ3n) is 7.25. The van der Waals surface area contributed by atoms with Crippen molar-refractivity contribution in [1.29, 1.82) is 0 Å². The quantitative estimate of drug-likeness (QED) is 0.204. The molecule has 0 aromatic heterocycles. The second kappa shape index (κ2) is 16.3. The summed E-state index contributed by atoms with van der Waals surface area (Å²) >= 11 is 6.28. The third-order valence-corrected chi connectivity index (χ3v) is 8.84. The van der Waals surface area contributed by atoms with Crippen LogP contribution in [0.1, 0.15) is 49.3 Å². The fourth-order valence-electron chi connectivity index (χ4n) is 4.88. The number of rotatable bonds is 16. The molecule has 0 radical (unpaired) electrons. The van der Waals surface area contributed by atoms with Crippen LogP contribution in [-0.4, -0.2) is 57.6 Å². The van der Waals surface area contributed by atoms with E-state index in [1.165, 1.54) is 4.31 Å². The first kappa shape index (κ1) is 33.9. The van der Waals surface area contributed by atoms with E-state index in [9.17, 15) is 18.0 Å². The number of carbonyl (C=O) groups is 2. The molecule has 3 rings (SSSR count). The normalized spacial score (nSPS) is 11.9. The van der Waals surface area contributed by atoms with Crippen LogP contribution in [0.4, 0.5) is 5.69 Å². The van der Waals surface area contributed by atoms with Gasteiger partial charge in [-0.3, -0.25) is 13.9 Å². The van der Waals surface area contributed by atoms with E-state index in [1.807, 2.05) is 54.6 Å². The molecule has 3 aromatic carbocycles. The maximum Gasteiger partial charge on any atom is 0.243 e. The highest BCUT2D eigenvalue weighted by atomic mass is 35.5. The molecule has 2 amide bonds. The van der Waals surface area contributed by atoms with E-state index in [2.05, 4.69) is 12.2 Å². The monoisotopic (exact) mass is 627 g/mol. The van der Waals surface area contributed by atoms with Crippen molar-refractivity contribution < 1.29 is 22.7 Å². The fraction of sp³-hybridized carbons (Fsp3) is 0.394. The Morgan fingerprint density at radius 3 is 2.35 bits per heavy atom. The van der Waals surface area contributed by atoms with Crippen molar-refractivity contribution in [3.05, 3.63) is 94.5 Å². The Morgan fingerprint density at radius 1 is 0.977 bits per heavy atom. The fourth-order valence-corrected chi connectivity index (χ4v) is 6.06. The molecule has 0 aliphatic heterocycles. The summed E-state index contributed by atoms with van der Waals surface area (Å²) in [4.78, 5) is 29.2. The number of methoxy groups -OCH3 is 1. The predicted molar refractivity (Wildman–Crippen MR) is 173 cm³/mol. The van der Waals surface area contributed by atoms with Crippen molar-refractivity contribution in [2.75, 3.05) is 30.8 Å². The van der Waals surface area contributed by atoms with Crippen LogP contribution in [-0.2, 0) is 32.6 Å². The van der Waals surface area contributed by atoms with Crippen molar-refractivity contribution in [1.82, 2.24) is 10.2 Å². The Balaban J connectivity index is 1.91.